The minimum absolute atomic E-state index is 0.197. The number of aryl methyl sites for hydroxylation is 2. The lowest BCUT2D eigenvalue weighted by Crippen LogP contribution is -2.38. The molecule has 3 nitrogen and oxygen atoms in total. The molecule has 5 rings (SSSR count). The third-order valence-electron chi connectivity index (χ3n) is 5.45. The molecule has 2 aromatic heterocycles. The lowest BCUT2D eigenvalue weighted by atomic mass is 9.91. The summed E-state index contributed by atoms with van der Waals surface area (Å²) in [5, 5.41) is 3.20. The standard InChI is InChI=1S/C21H20N2OS2/c24-21(23-10-3-5-16(13-23)20-22-9-11-25-20)18-12-15-8-7-14-4-1-2-6-17(14)19(15)26-18/h1-2,4,6,9,11-12,16H,3,5,7-8,10,13H2. The van der Waals surface area contributed by atoms with E-state index in [1.54, 1.807) is 22.7 Å². The van der Waals surface area contributed by atoms with Crippen LogP contribution in [0.3, 0.4) is 0 Å². The van der Waals surface area contributed by atoms with Crippen LogP contribution >= 0.6 is 22.7 Å². The van der Waals surface area contributed by atoms with Crippen LogP contribution in [0.25, 0.3) is 10.4 Å². The first-order chi connectivity index (χ1) is 12.8. The molecule has 1 aromatic carbocycles. The van der Waals surface area contributed by atoms with Crippen LogP contribution in [0.5, 0.6) is 0 Å². The van der Waals surface area contributed by atoms with E-state index in [-0.39, 0.29) is 5.91 Å². The normalized spacial score (nSPS) is 19.1. The summed E-state index contributed by atoms with van der Waals surface area (Å²) < 4.78 is 0. The maximum Gasteiger partial charge on any atom is 0.263 e. The fourth-order valence-electron chi connectivity index (χ4n) is 4.13. The van der Waals surface area contributed by atoms with Crippen LogP contribution in [0.2, 0.25) is 0 Å². The monoisotopic (exact) mass is 380 g/mol. The van der Waals surface area contributed by atoms with E-state index in [1.807, 2.05) is 16.5 Å². The molecule has 5 heteroatoms. The Labute approximate surface area is 161 Å². The number of likely N-dealkylation sites (tertiary alicyclic amines) is 1. The van der Waals surface area contributed by atoms with Gasteiger partial charge in [-0.15, -0.1) is 22.7 Å². The molecule has 1 atom stereocenters. The van der Waals surface area contributed by atoms with Crippen molar-refractivity contribution in [2.24, 2.45) is 0 Å². The van der Waals surface area contributed by atoms with Crippen molar-refractivity contribution in [3.8, 4) is 10.4 Å². The molecule has 132 valence electrons. The number of nitrogens with zero attached hydrogens (tertiary/aromatic N) is 2. The number of hydrogen-bond donors (Lipinski definition) is 0. The van der Waals surface area contributed by atoms with Gasteiger partial charge in [-0.05, 0) is 48.4 Å². The van der Waals surface area contributed by atoms with E-state index in [9.17, 15) is 4.79 Å². The van der Waals surface area contributed by atoms with Gasteiger partial charge >= 0.3 is 0 Å². The molecule has 0 N–H and O–H groups in total. The molecule has 3 aromatic rings. The van der Waals surface area contributed by atoms with E-state index in [0.29, 0.717) is 5.92 Å². The molecule has 1 fully saturated rings. The zero-order valence-corrected chi connectivity index (χ0v) is 16.1. The summed E-state index contributed by atoms with van der Waals surface area (Å²) >= 11 is 3.38. The molecule has 0 bridgehead atoms. The molecule has 26 heavy (non-hydrogen) atoms. The number of carbonyl (C=O) groups is 1. The number of thiophene rings is 1. The number of thiazole rings is 1. The van der Waals surface area contributed by atoms with Gasteiger partial charge in [-0.3, -0.25) is 4.79 Å². The van der Waals surface area contributed by atoms with E-state index in [1.165, 1.54) is 26.6 Å². The second-order valence-corrected chi connectivity index (χ2v) is 9.06. The highest BCUT2D eigenvalue weighted by molar-refractivity contribution is 7.17. The highest BCUT2D eigenvalue weighted by atomic mass is 32.1. The fraction of sp³-hybridized carbons (Fsp3) is 0.333. The van der Waals surface area contributed by atoms with Crippen molar-refractivity contribution in [2.45, 2.75) is 31.6 Å². The third-order valence-corrected chi connectivity index (χ3v) is 7.59. The van der Waals surface area contributed by atoms with Gasteiger partial charge < -0.3 is 4.90 Å². The molecule has 2 aliphatic rings. The second kappa shape index (κ2) is 6.63. The molecule has 1 aliphatic heterocycles. The number of rotatable bonds is 2. The molecular weight excluding hydrogens is 360 g/mol. The van der Waals surface area contributed by atoms with Gasteiger partial charge in [0, 0.05) is 35.5 Å². The number of hydrogen-bond acceptors (Lipinski definition) is 4. The average molecular weight is 381 g/mol. The summed E-state index contributed by atoms with van der Waals surface area (Å²) in [6.45, 7) is 1.66. The smallest absolute Gasteiger partial charge is 0.263 e. The van der Waals surface area contributed by atoms with Crippen molar-refractivity contribution < 1.29 is 4.79 Å². The highest BCUT2D eigenvalue weighted by Crippen LogP contribution is 2.40. The molecule has 0 saturated carbocycles. The Balaban J connectivity index is 1.41. The summed E-state index contributed by atoms with van der Waals surface area (Å²) in [5.41, 5.74) is 4.06. The first kappa shape index (κ1) is 16.2. The van der Waals surface area contributed by atoms with Crippen molar-refractivity contribution in [3.05, 3.63) is 62.9 Å². The van der Waals surface area contributed by atoms with E-state index < -0.39 is 0 Å². The topological polar surface area (TPSA) is 33.2 Å². The number of amides is 1. The zero-order chi connectivity index (χ0) is 17.5. The van der Waals surface area contributed by atoms with Crippen LogP contribution in [0, 0.1) is 0 Å². The van der Waals surface area contributed by atoms with Gasteiger partial charge in [0.25, 0.3) is 5.91 Å². The quantitative estimate of drug-likeness (QED) is 0.627. The van der Waals surface area contributed by atoms with Crippen molar-refractivity contribution >= 4 is 28.6 Å². The van der Waals surface area contributed by atoms with Crippen LogP contribution in [0.15, 0.2) is 41.9 Å². The summed E-state index contributed by atoms with van der Waals surface area (Å²) in [4.78, 5) is 21.9. The van der Waals surface area contributed by atoms with Crippen LogP contribution in [0.1, 0.15) is 44.6 Å². The van der Waals surface area contributed by atoms with E-state index >= 15 is 0 Å². The maximum atomic E-state index is 13.2. The summed E-state index contributed by atoms with van der Waals surface area (Å²) in [7, 11) is 0. The molecule has 1 unspecified atom stereocenters. The van der Waals surface area contributed by atoms with E-state index in [2.05, 4.69) is 35.3 Å². The van der Waals surface area contributed by atoms with Crippen LogP contribution < -0.4 is 0 Å². The largest absolute Gasteiger partial charge is 0.337 e. The Morgan fingerprint density at radius 1 is 1.19 bits per heavy atom. The van der Waals surface area contributed by atoms with Crippen LogP contribution in [0.4, 0.5) is 0 Å². The fourth-order valence-corrected chi connectivity index (χ4v) is 6.14. The van der Waals surface area contributed by atoms with Crippen molar-refractivity contribution in [1.29, 1.82) is 0 Å². The van der Waals surface area contributed by atoms with Gasteiger partial charge in [0.05, 0.1) is 9.88 Å². The Morgan fingerprint density at radius 2 is 2.08 bits per heavy atom. The second-order valence-electron chi connectivity index (χ2n) is 7.08. The number of piperidine rings is 1. The molecule has 1 aliphatic carbocycles. The summed E-state index contributed by atoms with van der Waals surface area (Å²) in [6, 6.07) is 10.7. The Bertz CT molecular complexity index is 945. The van der Waals surface area contributed by atoms with Crippen molar-refractivity contribution in [3.63, 3.8) is 0 Å². The number of carbonyl (C=O) groups excluding carboxylic acids is 1. The third kappa shape index (κ3) is 2.79. The minimum Gasteiger partial charge on any atom is -0.337 e. The Morgan fingerprint density at radius 3 is 2.96 bits per heavy atom. The van der Waals surface area contributed by atoms with Gasteiger partial charge in [-0.1, -0.05) is 24.3 Å². The zero-order valence-electron chi connectivity index (χ0n) is 14.5. The molecule has 1 amide bonds. The lowest BCUT2D eigenvalue weighted by molar-refractivity contribution is 0.0712. The van der Waals surface area contributed by atoms with Gasteiger partial charge in [-0.2, -0.15) is 0 Å². The summed E-state index contributed by atoms with van der Waals surface area (Å²) in [6.07, 6.45) is 6.17. The Kier molecular flexibility index (Phi) is 4.14. The van der Waals surface area contributed by atoms with Crippen molar-refractivity contribution in [2.75, 3.05) is 13.1 Å². The SMILES string of the molecule is O=C(c1cc2c(s1)-c1ccccc1CC2)N1CCCC(c2nccs2)C1. The molecule has 0 spiro atoms. The number of fused-ring (bicyclic) bond motifs is 3. The van der Waals surface area contributed by atoms with Gasteiger partial charge in [0.2, 0.25) is 0 Å². The first-order valence-electron chi connectivity index (χ1n) is 9.19. The predicted molar refractivity (Wildman–Crippen MR) is 107 cm³/mol. The van der Waals surface area contributed by atoms with E-state index in [0.717, 1.165) is 43.6 Å². The number of aromatic nitrogens is 1. The van der Waals surface area contributed by atoms with Gasteiger partial charge in [0.1, 0.15) is 0 Å². The summed E-state index contributed by atoms with van der Waals surface area (Å²) in [5.74, 6) is 0.589. The van der Waals surface area contributed by atoms with Gasteiger partial charge in [-0.25, -0.2) is 4.98 Å². The van der Waals surface area contributed by atoms with Crippen molar-refractivity contribution in [1.82, 2.24) is 9.88 Å². The predicted octanol–water partition coefficient (Wildman–Crippen LogP) is 4.99. The Hall–Kier alpha value is -1.98. The van der Waals surface area contributed by atoms with Crippen LogP contribution in [-0.2, 0) is 12.8 Å². The molecular formula is C21H20N2OS2. The lowest BCUT2D eigenvalue weighted by Gasteiger charge is -2.31. The average Bonchev–Trinajstić information content (AvgIpc) is 3.37. The first-order valence-corrected chi connectivity index (χ1v) is 10.9. The maximum absolute atomic E-state index is 13.2. The van der Waals surface area contributed by atoms with Gasteiger partial charge in [0.15, 0.2) is 0 Å². The molecule has 0 radical (unpaired) electrons. The number of benzene rings is 1. The minimum atomic E-state index is 0.197. The highest BCUT2D eigenvalue weighted by Gasteiger charge is 2.29. The molecule has 1 saturated heterocycles. The van der Waals surface area contributed by atoms with E-state index in [4.69, 9.17) is 0 Å². The molecule has 3 heterocycles. The van der Waals surface area contributed by atoms with Crippen LogP contribution in [-0.4, -0.2) is 28.9 Å².